The van der Waals surface area contributed by atoms with E-state index in [0.29, 0.717) is 40.7 Å². The van der Waals surface area contributed by atoms with E-state index in [0.717, 1.165) is 48.3 Å². The number of piperidine rings is 1. The number of nitrogens with one attached hydrogen (secondary N) is 1. The summed E-state index contributed by atoms with van der Waals surface area (Å²) in [4.78, 5) is 30.8. The largest absolute Gasteiger partial charge is 0.493 e. The van der Waals surface area contributed by atoms with Gasteiger partial charge in [-0.1, -0.05) is 36.4 Å². The van der Waals surface area contributed by atoms with E-state index in [-0.39, 0.29) is 11.4 Å². The topological polar surface area (TPSA) is 116 Å². The highest BCUT2D eigenvalue weighted by molar-refractivity contribution is 6.40. The molecule has 0 bridgehead atoms. The quantitative estimate of drug-likeness (QED) is 0.186. The molecule has 1 fully saturated rings. The third kappa shape index (κ3) is 6.43. The standard InChI is InChI=1S/C36H35FN4O5/c1-22(25-8-7-24-5-3-4-6-26(24)17-25)41(36(43)35(38)42)27-9-10-32(29(37)18-27)46-31-13-16-40-30-20-34(33(44-2)19-28(30)31)45-21-23-11-14-39-15-12-23/h3-10,13,16-20,22-23,39H,11-12,14-15,21H2,1-2H3,(H2,38,42). The fraction of sp³-hybridized carbons (Fsp3) is 0.250. The molecule has 1 aromatic heterocycles. The lowest BCUT2D eigenvalue weighted by Crippen LogP contribution is -2.42. The Kier molecular flexibility index (Phi) is 8.98. The number of anilines is 1. The van der Waals surface area contributed by atoms with Gasteiger partial charge in [-0.25, -0.2) is 4.39 Å². The van der Waals surface area contributed by atoms with Crippen molar-refractivity contribution < 1.29 is 28.2 Å². The summed E-state index contributed by atoms with van der Waals surface area (Å²) >= 11 is 0. The first-order valence-electron chi connectivity index (χ1n) is 15.2. The van der Waals surface area contributed by atoms with Crippen LogP contribution in [0.1, 0.15) is 31.4 Å². The molecule has 3 N–H and O–H groups in total. The van der Waals surface area contributed by atoms with Crippen LogP contribution in [0.25, 0.3) is 21.7 Å². The van der Waals surface area contributed by atoms with Crippen LogP contribution in [0, 0.1) is 11.7 Å². The zero-order valence-corrected chi connectivity index (χ0v) is 25.7. The van der Waals surface area contributed by atoms with Gasteiger partial charge >= 0.3 is 11.8 Å². The number of benzene rings is 4. The van der Waals surface area contributed by atoms with Crippen LogP contribution in [0.15, 0.2) is 85.1 Å². The molecule has 1 unspecified atom stereocenters. The molecular formula is C36H35FN4O5. The summed E-state index contributed by atoms with van der Waals surface area (Å²) < 4.78 is 33.5. The molecule has 2 amide bonds. The van der Waals surface area contributed by atoms with Crippen molar-refractivity contribution in [3.8, 4) is 23.0 Å². The Morgan fingerprint density at radius 2 is 1.74 bits per heavy atom. The van der Waals surface area contributed by atoms with Gasteiger partial charge < -0.3 is 25.3 Å². The number of methoxy groups -OCH3 is 1. The maximum Gasteiger partial charge on any atom is 0.316 e. The molecule has 236 valence electrons. The lowest BCUT2D eigenvalue weighted by atomic mass is 9.99. The highest BCUT2D eigenvalue weighted by Crippen LogP contribution is 2.39. The first-order chi connectivity index (χ1) is 22.3. The number of primary amides is 1. The molecule has 0 radical (unpaired) electrons. The van der Waals surface area contributed by atoms with Crippen molar-refractivity contribution in [1.82, 2.24) is 10.3 Å². The molecule has 6 rings (SSSR count). The van der Waals surface area contributed by atoms with Gasteiger partial charge in [0.25, 0.3) is 0 Å². The molecule has 0 saturated carbocycles. The Balaban J connectivity index is 1.27. The van der Waals surface area contributed by atoms with Crippen molar-refractivity contribution in [3.63, 3.8) is 0 Å². The number of halogens is 1. The summed E-state index contributed by atoms with van der Waals surface area (Å²) in [5.74, 6) is -1.01. The second kappa shape index (κ2) is 13.4. The van der Waals surface area contributed by atoms with E-state index >= 15 is 4.39 Å². The zero-order chi connectivity index (χ0) is 32.2. The number of nitrogens with zero attached hydrogens (tertiary/aromatic N) is 2. The van der Waals surface area contributed by atoms with Gasteiger partial charge in [0.2, 0.25) is 0 Å². The second-order valence-corrected chi connectivity index (χ2v) is 11.4. The number of hydrogen-bond donors (Lipinski definition) is 2. The predicted molar refractivity (Wildman–Crippen MR) is 175 cm³/mol. The van der Waals surface area contributed by atoms with E-state index in [4.69, 9.17) is 19.9 Å². The summed E-state index contributed by atoms with van der Waals surface area (Å²) in [6.07, 6.45) is 3.67. The van der Waals surface area contributed by atoms with E-state index in [9.17, 15) is 9.59 Å². The van der Waals surface area contributed by atoms with Gasteiger partial charge in [0, 0.05) is 29.4 Å². The molecule has 1 saturated heterocycles. The SMILES string of the molecule is COc1cc2c(Oc3ccc(N(C(=O)C(N)=O)C(C)c4ccc5ccccc5c4)cc3F)ccnc2cc1OCC1CCNCC1. The number of carbonyl (C=O) groups excluding carboxylic acids is 2. The monoisotopic (exact) mass is 622 g/mol. The molecule has 46 heavy (non-hydrogen) atoms. The van der Waals surface area contributed by atoms with Crippen molar-refractivity contribution >= 4 is 39.2 Å². The minimum atomic E-state index is -1.15. The minimum absolute atomic E-state index is 0.0775. The van der Waals surface area contributed by atoms with Crippen LogP contribution >= 0.6 is 0 Å². The van der Waals surface area contributed by atoms with Gasteiger partial charge in [-0.15, -0.1) is 0 Å². The maximum atomic E-state index is 15.7. The van der Waals surface area contributed by atoms with E-state index in [2.05, 4.69) is 10.3 Å². The molecule has 9 nitrogen and oxygen atoms in total. The van der Waals surface area contributed by atoms with Gasteiger partial charge in [-0.05, 0) is 85.4 Å². The summed E-state index contributed by atoms with van der Waals surface area (Å²) in [6.45, 7) is 4.29. The van der Waals surface area contributed by atoms with Crippen molar-refractivity contribution in [2.24, 2.45) is 11.7 Å². The molecular weight excluding hydrogens is 587 g/mol. The lowest BCUT2D eigenvalue weighted by molar-refractivity contribution is -0.135. The first-order valence-corrected chi connectivity index (χ1v) is 15.2. The van der Waals surface area contributed by atoms with E-state index in [1.165, 1.54) is 17.0 Å². The number of hydrogen-bond acceptors (Lipinski definition) is 7. The minimum Gasteiger partial charge on any atom is -0.493 e. The number of ether oxygens (including phenoxy) is 3. The third-order valence-corrected chi connectivity index (χ3v) is 8.41. The molecule has 1 aliphatic rings. The van der Waals surface area contributed by atoms with Crippen LogP contribution in [-0.4, -0.2) is 43.6 Å². The average molecular weight is 623 g/mol. The average Bonchev–Trinajstić information content (AvgIpc) is 3.08. The summed E-state index contributed by atoms with van der Waals surface area (Å²) in [7, 11) is 1.56. The fourth-order valence-corrected chi connectivity index (χ4v) is 5.84. The highest BCUT2D eigenvalue weighted by Gasteiger charge is 2.28. The highest BCUT2D eigenvalue weighted by atomic mass is 19.1. The van der Waals surface area contributed by atoms with E-state index < -0.39 is 23.7 Å². The number of fused-ring (bicyclic) bond motifs is 2. The van der Waals surface area contributed by atoms with E-state index in [1.807, 2.05) is 42.5 Å². The van der Waals surface area contributed by atoms with Gasteiger partial charge in [0.05, 0.1) is 25.3 Å². The second-order valence-electron chi connectivity index (χ2n) is 11.4. The summed E-state index contributed by atoms with van der Waals surface area (Å²) in [5, 5.41) is 5.96. The van der Waals surface area contributed by atoms with Gasteiger partial charge in [-0.2, -0.15) is 0 Å². The van der Waals surface area contributed by atoms with Crippen LogP contribution < -0.4 is 30.2 Å². The first kappa shape index (κ1) is 30.8. The Morgan fingerprint density at radius 3 is 2.48 bits per heavy atom. The Labute approximate surface area is 266 Å². The van der Waals surface area contributed by atoms with Crippen molar-refractivity contribution in [1.29, 1.82) is 0 Å². The number of rotatable bonds is 9. The Morgan fingerprint density at radius 1 is 0.957 bits per heavy atom. The normalized spacial score (nSPS) is 14.2. The molecule has 0 spiro atoms. The van der Waals surface area contributed by atoms with E-state index in [1.54, 1.807) is 38.4 Å². The van der Waals surface area contributed by atoms with Crippen LogP contribution in [0.4, 0.5) is 10.1 Å². The third-order valence-electron chi connectivity index (χ3n) is 8.41. The van der Waals surface area contributed by atoms with Crippen LogP contribution in [0.3, 0.4) is 0 Å². The van der Waals surface area contributed by atoms with Crippen molar-refractivity contribution in [2.75, 3.05) is 31.7 Å². The number of aromatic nitrogens is 1. The van der Waals surface area contributed by atoms with Crippen molar-refractivity contribution in [3.05, 3.63) is 96.4 Å². The van der Waals surface area contributed by atoms with Crippen LogP contribution in [0.5, 0.6) is 23.0 Å². The Hall–Kier alpha value is -5.22. The summed E-state index contributed by atoms with van der Waals surface area (Å²) in [6, 6.07) is 22.2. The number of pyridine rings is 1. The summed E-state index contributed by atoms with van der Waals surface area (Å²) in [5.41, 5.74) is 6.93. The number of amides is 2. The van der Waals surface area contributed by atoms with Crippen LogP contribution in [-0.2, 0) is 9.59 Å². The molecule has 5 aromatic rings. The number of carbonyl (C=O) groups is 2. The molecule has 1 atom stereocenters. The lowest BCUT2D eigenvalue weighted by Gasteiger charge is -2.29. The zero-order valence-electron chi connectivity index (χ0n) is 25.7. The molecule has 1 aliphatic heterocycles. The predicted octanol–water partition coefficient (Wildman–Crippen LogP) is 6.29. The van der Waals surface area contributed by atoms with Gasteiger partial charge in [0.15, 0.2) is 23.1 Å². The molecule has 0 aliphatic carbocycles. The molecule has 10 heteroatoms. The molecule has 2 heterocycles. The van der Waals surface area contributed by atoms with Gasteiger partial charge in [-0.3, -0.25) is 19.5 Å². The van der Waals surface area contributed by atoms with Crippen molar-refractivity contribution in [2.45, 2.75) is 25.8 Å². The Bertz CT molecular complexity index is 1910. The maximum absolute atomic E-state index is 15.7. The number of nitrogens with two attached hydrogens (primary N) is 1. The fourth-order valence-electron chi connectivity index (χ4n) is 5.84. The molecule has 4 aromatic carbocycles. The van der Waals surface area contributed by atoms with Crippen LogP contribution in [0.2, 0.25) is 0 Å². The smallest absolute Gasteiger partial charge is 0.316 e. The van der Waals surface area contributed by atoms with Gasteiger partial charge in [0.1, 0.15) is 5.75 Å².